The number of hydrogen-bond acceptors (Lipinski definition) is 1. The molecule has 2 nitrogen and oxygen atoms in total. The van der Waals surface area contributed by atoms with E-state index in [1.807, 2.05) is 0 Å². The Hall–Kier alpha value is 0.0800. The fraction of sp³-hybridized carbons (Fsp3) is 0.625. The van der Waals surface area contributed by atoms with Gasteiger partial charge in [-0.2, -0.15) is 0 Å². The van der Waals surface area contributed by atoms with Gasteiger partial charge >= 0.3 is 0 Å². The van der Waals surface area contributed by atoms with Crippen LogP contribution in [0.25, 0.3) is 0 Å². The Morgan fingerprint density at radius 3 is 2.69 bits per heavy atom. The highest BCUT2D eigenvalue weighted by atomic mass is 35.6. The topological polar surface area (TPSA) is 29.1 Å². The monoisotopic (exact) mass is 241 g/mol. The molecule has 0 fully saturated rings. The summed E-state index contributed by atoms with van der Waals surface area (Å²) >= 11 is 16.1. The van der Waals surface area contributed by atoms with Crippen LogP contribution in [-0.2, 0) is 4.79 Å². The molecule has 5 heteroatoms. The zero-order valence-corrected chi connectivity index (χ0v) is 9.16. The number of carbonyl (C=O) groups excluding carboxylic acids is 1. The average Bonchev–Trinajstić information content (AvgIpc) is 2.50. The summed E-state index contributed by atoms with van der Waals surface area (Å²) in [7, 11) is 0. The first-order chi connectivity index (χ1) is 6.00. The zero-order chi connectivity index (χ0) is 9.90. The number of amides is 1. The minimum Gasteiger partial charge on any atom is -0.352 e. The lowest BCUT2D eigenvalue weighted by Crippen LogP contribution is -2.36. The van der Waals surface area contributed by atoms with Crippen LogP contribution in [0, 0.1) is 5.92 Å². The number of carbonyl (C=O) groups is 1. The summed E-state index contributed by atoms with van der Waals surface area (Å²) in [5.74, 6) is -0.172. The van der Waals surface area contributed by atoms with Crippen LogP contribution in [0.5, 0.6) is 0 Å². The Morgan fingerprint density at radius 2 is 2.23 bits per heavy atom. The smallest absolute Gasteiger partial charge is 0.272 e. The molecular weight excluding hydrogens is 232 g/mol. The molecule has 0 saturated carbocycles. The average molecular weight is 243 g/mol. The van der Waals surface area contributed by atoms with Gasteiger partial charge < -0.3 is 5.32 Å². The Balaban J connectivity index is 2.26. The van der Waals surface area contributed by atoms with Crippen LogP contribution in [0.15, 0.2) is 12.2 Å². The van der Waals surface area contributed by atoms with Crippen molar-refractivity contribution in [2.24, 2.45) is 5.92 Å². The van der Waals surface area contributed by atoms with Crippen LogP contribution in [0.4, 0.5) is 0 Å². The highest BCUT2D eigenvalue weighted by Crippen LogP contribution is 2.26. The van der Waals surface area contributed by atoms with Crippen molar-refractivity contribution in [3.05, 3.63) is 12.2 Å². The first-order valence-corrected chi connectivity index (χ1v) is 5.15. The molecule has 0 unspecified atom stereocenters. The summed E-state index contributed by atoms with van der Waals surface area (Å²) in [4.78, 5) is 11.1. The van der Waals surface area contributed by atoms with Crippen molar-refractivity contribution in [3.63, 3.8) is 0 Å². The summed E-state index contributed by atoms with van der Waals surface area (Å²) < 4.78 is -1.84. The SMILES string of the molecule is O=C(NC[C@@H]1C=CCC1)C(Cl)(Cl)Cl. The molecule has 0 bridgehead atoms. The second-order valence-electron chi connectivity index (χ2n) is 2.97. The highest BCUT2D eigenvalue weighted by molar-refractivity contribution is 6.76. The molecule has 1 atom stereocenters. The fourth-order valence-corrected chi connectivity index (χ4v) is 1.39. The molecule has 74 valence electrons. The first-order valence-electron chi connectivity index (χ1n) is 4.02. The van der Waals surface area contributed by atoms with E-state index in [0.29, 0.717) is 12.5 Å². The number of alkyl halides is 3. The normalized spacial score (nSPS) is 21.9. The maximum Gasteiger partial charge on any atom is 0.272 e. The van der Waals surface area contributed by atoms with E-state index in [9.17, 15) is 4.79 Å². The van der Waals surface area contributed by atoms with E-state index in [1.54, 1.807) is 0 Å². The van der Waals surface area contributed by atoms with Crippen LogP contribution in [0.3, 0.4) is 0 Å². The van der Waals surface area contributed by atoms with Gasteiger partial charge in [0.05, 0.1) is 0 Å². The molecule has 0 aromatic carbocycles. The molecule has 1 N–H and O–H groups in total. The van der Waals surface area contributed by atoms with Crippen molar-refractivity contribution in [1.29, 1.82) is 0 Å². The summed E-state index contributed by atoms with van der Waals surface area (Å²) in [6.07, 6.45) is 6.28. The molecule has 1 aliphatic carbocycles. The molecule has 0 aromatic rings. The lowest BCUT2D eigenvalue weighted by Gasteiger charge is -2.13. The Kier molecular flexibility index (Phi) is 3.89. The van der Waals surface area contributed by atoms with Crippen LogP contribution < -0.4 is 5.32 Å². The van der Waals surface area contributed by atoms with Gasteiger partial charge in [0.1, 0.15) is 0 Å². The summed E-state index contributed by atoms with van der Waals surface area (Å²) in [6.45, 7) is 0.545. The number of rotatable bonds is 2. The lowest BCUT2D eigenvalue weighted by molar-refractivity contribution is -0.120. The van der Waals surface area contributed by atoms with Gasteiger partial charge in [-0.1, -0.05) is 47.0 Å². The fourth-order valence-electron chi connectivity index (χ4n) is 1.19. The Morgan fingerprint density at radius 1 is 1.54 bits per heavy atom. The van der Waals surface area contributed by atoms with E-state index in [1.165, 1.54) is 0 Å². The third kappa shape index (κ3) is 3.75. The van der Waals surface area contributed by atoms with E-state index in [2.05, 4.69) is 17.5 Å². The number of nitrogens with one attached hydrogen (secondary N) is 1. The van der Waals surface area contributed by atoms with Crippen LogP contribution in [0.2, 0.25) is 0 Å². The predicted molar refractivity (Wildman–Crippen MR) is 55.2 cm³/mol. The molecule has 0 spiro atoms. The van der Waals surface area contributed by atoms with Crippen LogP contribution in [0.1, 0.15) is 12.8 Å². The van der Waals surface area contributed by atoms with Crippen molar-refractivity contribution in [2.45, 2.75) is 16.6 Å². The van der Waals surface area contributed by atoms with E-state index in [0.717, 1.165) is 12.8 Å². The zero-order valence-electron chi connectivity index (χ0n) is 6.90. The molecule has 0 heterocycles. The maximum atomic E-state index is 11.1. The van der Waals surface area contributed by atoms with E-state index in [4.69, 9.17) is 34.8 Å². The second kappa shape index (κ2) is 4.54. The summed E-state index contributed by atoms with van der Waals surface area (Å²) in [6, 6.07) is 0. The van der Waals surface area contributed by atoms with Gasteiger partial charge in [-0.25, -0.2) is 0 Å². The van der Waals surface area contributed by atoms with Gasteiger partial charge in [0.25, 0.3) is 9.70 Å². The quantitative estimate of drug-likeness (QED) is 0.585. The third-order valence-electron chi connectivity index (χ3n) is 1.89. The third-order valence-corrected chi connectivity index (χ3v) is 2.41. The number of hydrogen-bond donors (Lipinski definition) is 1. The van der Waals surface area contributed by atoms with E-state index >= 15 is 0 Å². The Labute approximate surface area is 92.2 Å². The van der Waals surface area contributed by atoms with Gasteiger partial charge in [0.15, 0.2) is 0 Å². The lowest BCUT2D eigenvalue weighted by atomic mass is 10.1. The van der Waals surface area contributed by atoms with Crippen LogP contribution >= 0.6 is 34.8 Å². The molecule has 13 heavy (non-hydrogen) atoms. The predicted octanol–water partition coefficient (Wildman–Crippen LogP) is 2.44. The number of allylic oxidation sites excluding steroid dienone is 1. The maximum absolute atomic E-state index is 11.1. The van der Waals surface area contributed by atoms with Crippen molar-refractivity contribution >= 4 is 40.7 Å². The second-order valence-corrected chi connectivity index (χ2v) is 5.25. The van der Waals surface area contributed by atoms with Gasteiger partial charge in [0, 0.05) is 6.54 Å². The van der Waals surface area contributed by atoms with Gasteiger partial charge in [0.2, 0.25) is 0 Å². The standard InChI is InChI=1S/C8H10Cl3NO/c9-8(10,11)7(13)12-5-6-3-1-2-4-6/h1,3,6H,2,4-5H2,(H,12,13)/t6-/m1/s1. The molecular formula is C8H10Cl3NO. The van der Waals surface area contributed by atoms with Gasteiger partial charge in [-0.05, 0) is 18.8 Å². The van der Waals surface area contributed by atoms with E-state index < -0.39 is 9.70 Å². The van der Waals surface area contributed by atoms with Gasteiger partial charge in [-0.3, -0.25) is 4.79 Å². The molecule has 0 saturated heterocycles. The molecule has 0 radical (unpaired) electrons. The molecule has 1 amide bonds. The molecule has 1 aliphatic rings. The van der Waals surface area contributed by atoms with Crippen molar-refractivity contribution in [2.75, 3.05) is 6.54 Å². The Bertz CT molecular complexity index is 222. The summed E-state index contributed by atoms with van der Waals surface area (Å²) in [5, 5.41) is 2.58. The minimum absolute atomic E-state index is 0.385. The molecule has 0 aliphatic heterocycles. The molecule has 1 rings (SSSR count). The van der Waals surface area contributed by atoms with E-state index in [-0.39, 0.29) is 0 Å². The molecule has 0 aromatic heterocycles. The summed E-state index contributed by atoms with van der Waals surface area (Å²) in [5.41, 5.74) is 0. The van der Waals surface area contributed by atoms with Crippen LogP contribution in [-0.4, -0.2) is 16.2 Å². The van der Waals surface area contributed by atoms with Crippen molar-refractivity contribution < 1.29 is 4.79 Å². The largest absolute Gasteiger partial charge is 0.352 e. The minimum atomic E-state index is -1.84. The van der Waals surface area contributed by atoms with Crippen molar-refractivity contribution in [1.82, 2.24) is 5.32 Å². The highest BCUT2D eigenvalue weighted by Gasteiger charge is 2.30. The van der Waals surface area contributed by atoms with Gasteiger partial charge in [-0.15, -0.1) is 0 Å². The number of halogens is 3. The first kappa shape index (κ1) is 11.2. The van der Waals surface area contributed by atoms with Crippen molar-refractivity contribution in [3.8, 4) is 0 Å².